The summed E-state index contributed by atoms with van der Waals surface area (Å²) in [6, 6.07) is 2.37. The number of carbonyl (C=O) groups excluding carboxylic acids is 2. The first-order valence-electron chi connectivity index (χ1n) is 9.69. The topological polar surface area (TPSA) is 140 Å². The van der Waals surface area contributed by atoms with Gasteiger partial charge in [0.2, 0.25) is 10.0 Å². The van der Waals surface area contributed by atoms with E-state index in [0.717, 1.165) is 28.3 Å². The molecule has 2 aliphatic rings. The van der Waals surface area contributed by atoms with Gasteiger partial charge in [-0.3, -0.25) is 14.5 Å². The Balaban J connectivity index is 1.42. The van der Waals surface area contributed by atoms with Gasteiger partial charge in [-0.15, -0.1) is 22.0 Å². The quantitative estimate of drug-likeness (QED) is 0.276. The van der Waals surface area contributed by atoms with Crippen LogP contribution in [0.5, 0.6) is 0 Å². The van der Waals surface area contributed by atoms with Crippen molar-refractivity contribution < 1.29 is 37.2 Å². The highest BCUT2D eigenvalue weighted by Gasteiger charge is 2.54. The average molecular weight is 568 g/mol. The summed E-state index contributed by atoms with van der Waals surface area (Å²) in [6.07, 6.45) is -4.68. The highest BCUT2D eigenvalue weighted by molar-refractivity contribution is 8.01. The average Bonchev–Trinajstić information content (AvgIpc) is 3.45. The molecule has 1 fully saturated rings. The van der Waals surface area contributed by atoms with Crippen molar-refractivity contribution >= 4 is 63.8 Å². The molecule has 0 aromatic carbocycles. The third kappa shape index (κ3) is 5.18. The molecular formula is C18H16F3N5O5S4. The molecule has 3 atom stereocenters. The fraction of sp³-hybridized carbons (Fsp3) is 0.389. The molecule has 2 unspecified atom stereocenters. The summed E-state index contributed by atoms with van der Waals surface area (Å²) in [5.41, 5.74) is 0.0642. The summed E-state index contributed by atoms with van der Waals surface area (Å²) in [6.45, 7) is 0. The van der Waals surface area contributed by atoms with Crippen molar-refractivity contribution in [3.8, 4) is 0 Å². The zero-order valence-corrected chi connectivity index (χ0v) is 20.9. The standard InChI is InChI=1S/C18H16F3N5O5S4/c1-25-16(18(19,20)21)23-24-17(25)34-6-8-5-33-14-11(13(28)26(14)12(8)15(29)30)22-9(27)7-35(31)10-3-2-4-32-10/h2-4,11,14H,5-7H2,1H3,(H,22,27)(H,29,30)/t11?,14-,35?/m0/s1. The number of hydrogen-bond donors (Lipinski definition) is 2. The normalized spacial score (nSPS) is 20.9. The number of thioether (sulfide) groups is 2. The van der Waals surface area contributed by atoms with E-state index >= 15 is 0 Å². The highest BCUT2D eigenvalue weighted by atomic mass is 32.2. The zero-order chi connectivity index (χ0) is 25.5. The molecule has 188 valence electrons. The van der Waals surface area contributed by atoms with Crippen molar-refractivity contribution in [2.75, 3.05) is 17.3 Å². The molecule has 2 aromatic heterocycles. The van der Waals surface area contributed by atoms with Gasteiger partial charge in [-0.1, -0.05) is 23.1 Å². The maximum absolute atomic E-state index is 12.9. The highest BCUT2D eigenvalue weighted by Crippen LogP contribution is 2.41. The number of nitrogens with zero attached hydrogens (tertiary/aromatic N) is 4. The molecule has 0 aliphatic carbocycles. The number of carboxylic acid groups (broad SMARTS) is 1. The number of halogens is 3. The number of thiophene rings is 1. The van der Waals surface area contributed by atoms with Crippen molar-refractivity contribution in [2.45, 2.75) is 27.0 Å². The molecule has 1 saturated heterocycles. The maximum Gasteiger partial charge on any atom is 0.451 e. The van der Waals surface area contributed by atoms with Crippen LogP contribution in [0.15, 0.2) is 38.1 Å². The minimum Gasteiger partial charge on any atom is -0.610 e. The molecule has 2 aliphatic heterocycles. The number of β-lactam (4-membered cyclic amide) rings is 1. The SMILES string of the molecule is Cn1c(SCC2=C(C(=O)O)N3C(=O)C(NC(=O)C[S+]([O-])c4cccs4)[C@@H]3SC2)nnc1C(F)(F)F. The van der Waals surface area contributed by atoms with Crippen LogP contribution in [-0.2, 0) is 38.8 Å². The second-order valence-corrected chi connectivity index (χ2v) is 12.0. The Morgan fingerprint density at radius 3 is 2.74 bits per heavy atom. The fourth-order valence-corrected chi connectivity index (χ4v) is 7.74. The van der Waals surface area contributed by atoms with Crippen LogP contribution in [0.2, 0.25) is 0 Å². The lowest BCUT2D eigenvalue weighted by Gasteiger charge is -2.49. The third-order valence-electron chi connectivity index (χ3n) is 5.01. The molecule has 35 heavy (non-hydrogen) atoms. The van der Waals surface area contributed by atoms with Gasteiger partial charge in [0.15, 0.2) is 10.9 Å². The molecule has 17 heteroatoms. The molecular weight excluding hydrogens is 551 g/mol. The molecule has 0 bridgehead atoms. The third-order valence-corrected chi connectivity index (χ3v) is 10.1. The zero-order valence-electron chi connectivity index (χ0n) is 17.6. The Bertz CT molecular complexity index is 1190. The van der Waals surface area contributed by atoms with E-state index in [1.807, 2.05) is 0 Å². The van der Waals surface area contributed by atoms with Crippen LogP contribution in [0.3, 0.4) is 0 Å². The summed E-state index contributed by atoms with van der Waals surface area (Å²) in [5.74, 6) is -3.94. The summed E-state index contributed by atoms with van der Waals surface area (Å²) < 4.78 is 52.3. The van der Waals surface area contributed by atoms with E-state index < -0.39 is 52.4 Å². The minimum absolute atomic E-state index is 0.0220. The Kier molecular flexibility index (Phi) is 7.42. The number of alkyl halides is 3. The summed E-state index contributed by atoms with van der Waals surface area (Å²) in [7, 11) is 1.15. The first kappa shape index (κ1) is 25.9. The van der Waals surface area contributed by atoms with Gasteiger partial charge in [0.1, 0.15) is 17.1 Å². The van der Waals surface area contributed by atoms with Gasteiger partial charge >= 0.3 is 12.1 Å². The fourth-order valence-electron chi connectivity index (χ4n) is 3.43. The second-order valence-electron chi connectivity index (χ2n) is 7.29. The molecule has 2 amide bonds. The van der Waals surface area contributed by atoms with E-state index in [9.17, 15) is 37.2 Å². The Hall–Kier alpha value is -2.21. The van der Waals surface area contributed by atoms with Gasteiger partial charge < -0.3 is 19.5 Å². The smallest absolute Gasteiger partial charge is 0.451 e. The molecule has 0 saturated carbocycles. The van der Waals surface area contributed by atoms with Gasteiger partial charge in [0, 0.05) is 35.8 Å². The predicted octanol–water partition coefficient (Wildman–Crippen LogP) is 1.53. The Labute approximate surface area is 211 Å². The van der Waals surface area contributed by atoms with E-state index in [-0.39, 0.29) is 28.1 Å². The number of aliphatic carboxylic acids is 1. The van der Waals surface area contributed by atoms with Crippen LogP contribution < -0.4 is 5.32 Å². The van der Waals surface area contributed by atoms with Crippen molar-refractivity contribution in [1.82, 2.24) is 25.0 Å². The van der Waals surface area contributed by atoms with Crippen LogP contribution in [0.25, 0.3) is 0 Å². The van der Waals surface area contributed by atoms with Crippen LogP contribution in [-0.4, -0.2) is 75.8 Å². The monoisotopic (exact) mass is 567 g/mol. The van der Waals surface area contributed by atoms with Gasteiger partial charge in [0.05, 0.1) is 0 Å². The molecule has 0 spiro atoms. The first-order valence-corrected chi connectivity index (χ1v) is 13.9. The summed E-state index contributed by atoms with van der Waals surface area (Å²) >= 11 is 1.77. The molecule has 2 N–H and O–H groups in total. The Morgan fingerprint density at radius 1 is 1.40 bits per heavy atom. The van der Waals surface area contributed by atoms with Crippen molar-refractivity contribution in [2.24, 2.45) is 7.05 Å². The minimum atomic E-state index is -4.68. The molecule has 2 aromatic rings. The van der Waals surface area contributed by atoms with E-state index in [4.69, 9.17) is 0 Å². The van der Waals surface area contributed by atoms with E-state index in [2.05, 4.69) is 15.5 Å². The number of nitrogens with one attached hydrogen (secondary N) is 1. The van der Waals surface area contributed by atoms with Gasteiger partial charge in [-0.25, -0.2) is 4.79 Å². The van der Waals surface area contributed by atoms with Crippen molar-refractivity contribution in [3.63, 3.8) is 0 Å². The van der Waals surface area contributed by atoms with Gasteiger partial charge in [-0.2, -0.15) is 13.2 Å². The largest absolute Gasteiger partial charge is 0.610 e. The van der Waals surface area contributed by atoms with Crippen LogP contribution in [0, 0.1) is 0 Å². The molecule has 4 heterocycles. The number of fused-ring (bicyclic) bond motifs is 1. The van der Waals surface area contributed by atoms with Crippen LogP contribution >= 0.6 is 34.9 Å². The number of carbonyl (C=O) groups is 3. The van der Waals surface area contributed by atoms with Crippen molar-refractivity contribution in [1.29, 1.82) is 0 Å². The number of carboxylic acids is 1. The number of aromatic nitrogens is 3. The lowest BCUT2D eigenvalue weighted by molar-refractivity contribution is -0.150. The van der Waals surface area contributed by atoms with E-state index in [1.165, 1.54) is 23.1 Å². The summed E-state index contributed by atoms with van der Waals surface area (Å²) in [4.78, 5) is 38.0. The van der Waals surface area contributed by atoms with Crippen molar-refractivity contribution in [3.05, 3.63) is 34.6 Å². The number of amides is 2. The first-order chi connectivity index (χ1) is 16.5. The lowest BCUT2D eigenvalue weighted by atomic mass is 10.0. The molecule has 4 rings (SSSR count). The second kappa shape index (κ2) is 10.0. The van der Waals surface area contributed by atoms with Crippen LogP contribution in [0.4, 0.5) is 13.2 Å². The van der Waals surface area contributed by atoms with E-state index in [1.54, 1.807) is 17.5 Å². The molecule has 0 radical (unpaired) electrons. The predicted molar refractivity (Wildman–Crippen MR) is 122 cm³/mol. The van der Waals surface area contributed by atoms with Crippen LogP contribution in [0.1, 0.15) is 5.82 Å². The number of hydrogen-bond acceptors (Lipinski definition) is 9. The lowest BCUT2D eigenvalue weighted by Crippen LogP contribution is -2.70. The van der Waals surface area contributed by atoms with Gasteiger partial charge in [0.25, 0.3) is 11.8 Å². The number of rotatable bonds is 8. The maximum atomic E-state index is 12.9. The van der Waals surface area contributed by atoms with Gasteiger partial charge in [-0.05, 0) is 17.0 Å². The summed E-state index contributed by atoms with van der Waals surface area (Å²) in [5, 5.41) is 19.9. The molecule has 10 nitrogen and oxygen atoms in total. The Morgan fingerprint density at radius 2 is 2.14 bits per heavy atom. The van der Waals surface area contributed by atoms with E-state index in [0.29, 0.717) is 9.78 Å².